The molecule has 0 spiro atoms. The summed E-state index contributed by atoms with van der Waals surface area (Å²) >= 11 is 0. The summed E-state index contributed by atoms with van der Waals surface area (Å²) in [4.78, 5) is 38.8. The van der Waals surface area contributed by atoms with Gasteiger partial charge in [0.25, 0.3) is 5.91 Å². The third-order valence-corrected chi connectivity index (χ3v) is 4.85. The predicted molar refractivity (Wildman–Crippen MR) is 105 cm³/mol. The van der Waals surface area contributed by atoms with E-state index in [-0.39, 0.29) is 18.9 Å². The number of amides is 1. The highest BCUT2D eigenvalue weighted by Crippen LogP contribution is 2.28. The zero-order valence-electron chi connectivity index (χ0n) is 16.6. The normalized spacial score (nSPS) is 18.2. The fourth-order valence-electron chi connectivity index (χ4n) is 3.41. The van der Waals surface area contributed by atoms with Crippen molar-refractivity contribution in [2.45, 2.75) is 25.5 Å². The molecule has 0 N–H and O–H groups in total. The van der Waals surface area contributed by atoms with E-state index >= 15 is 0 Å². The third-order valence-electron chi connectivity index (χ3n) is 4.85. The monoisotopic (exact) mass is 397 g/mol. The molecule has 0 saturated carbocycles. The van der Waals surface area contributed by atoms with Crippen molar-refractivity contribution in [2.24, 2.45) is 0 Å². The highest BCUT2D eigenvalue weighted by atomic mass is 16.5. The van der Waals surface area contributed by atoms with Gasteiger partial charge in [-0.1, -0.05) is 29.8 Å². The highest BCUT2D eigenvalue weighted by molar-refractivity contribution is 5.97. The summed E-state index contributed by atoms with van der Waals surface area (Å²) in [5.74, 6) is -0.935. The van der Waals surface area contributed by atoms with Crippen molar-refractivity contribution in [3.05, 3.63) is 65.2 Å². The number of carbonyl (C=O) groups is 3. The van der Waals surface area contributed by atoms with Crippen LogP contribution in [-0.2, 0) is 14.3 Å². The minimum Gasteiger partial charge on any atom is -0.488 e. The molecule has 29 heavy (non-hydrogen) atoms. The molecule has 1 saturated heterocycles. The van der Waals surface area contributed by atoms with Crippen molar-refractivity contribution in [1.82, 2.24) is 4.90 Å². The van der Waals surface area contributed by atoms with Gasteiger partial charge in [0.1, 0.15) is 23.5 Å². The standard InChI is InChI=1S/C22H23NO6/c1-14-9-10-19(17(11-14)21(25)27-2)29-16-12-18(22(26)28-3)23(13-16)20(24)15-7-5-4-6-8-15/h4-11,16,18H,12-13H2,1-3H3/t16-,18?/m0/s1. The molecule has 1 aliphatic heterocycles. The van der Waals surface area contributed by atoms with Crippen molar-refractivity contribution < 1.29 is 28.6 Å². The Balaban J connectivity index is 1.84. The number of likely N-dealkylation sites (tertiary alicyclic amines) is 1. The Morgan fingerprint density at radius 1 is 1.00 bits per heavy atom. The van der Waals surface area contributed by atoms with Gasteiger partial charge in [0, 0.05) is 12.0 Å². The molecule has 7 heteroatoms. The van der Waals surface area contributed by atoms with Crippen molar-refractivity contribution in [3.63, 3.8) is 0 Å². The van der Waals surface area contributed by atoms with Crippen molar-refractivity contribution in [3.8, 4) is 5.75 Å². The van der Waals surface area contributed by atoms with Crippen LogP contribution in [0.15, 0.2) is 48.5 Å². The second kappa shape index (κ2) is 8.77. The molecule has 1 aliphatic rings. The van der Waals surface area contributed by atoms with Crippen molar-refractivity contribution in [2.75, 3.05) is 20.8 Å². The largest absolute Gasteiger partial charge is 0.488 e. The van der Waals surface area contributed by atoms with Gasteiger partial charge in [-0.3, -0.25) is 4.79 Å². The van der Waals surface area contributed by atoms with Gasteiger partial charge in [-0.2, -0.15) is 0 Å². The van der Waals surface area contributed by atoms with Crippen molar-refractivity contribution in [1.29, 1.82) is 0 Å². The smallest absolute Gasteiger partial charge is 0.341 e. The molecular weight excluding hydrogens is 374 g/mol. The fraction of sp³-hybridized carbons (Fsp3) is 0.318. The number of hydrogen-bond donors (Lipinski definition) is 0. The number of ether oxygens (including phenoxy) is 3. The molecule has 0 aliphatic carbocycles. The lowest BCUT2D eigenvalue weighted by Crippen LogP contribution is -2.41. The van der Waals surface area contributed by atoms with Crippen LogP contribution in [0.2, 0.25) is 0 Å². The summed E-state index contributed by atoms with van der Waals surface area (Å²) in [5, 5.41) is 0. The number of hydrogen-bond acceptors (Lipinski definition) is 6. The van der Waals surface area contributed by atoms with Gasteiger partial charge in [-0.25, -0.2) is 9.59 Å². The van der Waals surface area contributed by atoms with E-state index in [4.69, 9.17) is 14.2 Å². The summed E-state index contributed by atoms with van der Waals surface area (Å²) < 4.78 is 15.7. The first-order valence-electron chi connectivity index (χ1n) is 9.24. The minimum atomic E-state index is -0.760. The topological polar surface area (TPSA) is 82.1 Å². The van der Waals surface area contributed by atoms with E-state index in [1.807, 2.05) is 19.1 Å². The van der Waals surface area contributed by atoms with E-state index in [0.717, 1.165) is 5.56 Å². The van der Waals surface area contributed by atoms with Gasteiger partial charge in [0.2, 0.25) is 0 Å². The van der Waals surface area contributed by atoms with E-state index in [1.165, 1.54) is 19.1 Å². The number of nitrogens with zero attached hydrogens (tertiary/aromatic N) is 1. The SMILES string of the molecule is COC(=O)c1cc(C)ccc1O[C@H]1CC(C(=O)OC)N(C(=O)c2ccccc2)C1. The number of benzene rings is 2. The third kappa shape index (κ3) is 4.39. The van der Waals surface area contributed by atoms with Gasteiger partial charge >= 0.3 is 11.9 Å². The second-order valence-corrected chi connectivity index (χ2v) is 6.83. The number of methoxy groups -OCH3 is 2. The van der Waals surface area contributed by atoms with Crippen LogP contribution in [0, 0.1) is 6.92 Å². The Morgan fingerprint density at radius 2 is 1.72 bits per heavy atom. The van der Waals surface area contributed by atoms with Crippen LogP contribution < -0.4 is 4.74 Å². The zero-order valence-corrected chi connectivity index (χ0v) is 16.6. The summed E-state index contributed by atoms with van der Waals surface area (Å²) in [6, 6.07) is 13.2. The molecule has 0 aromatic heterocycles. The molecule has 2 aromatic rings. The Labute approximate surface area is 169 Å². The van der Waals surface area contributed by atoms with Crippen LogP contribution in [0.1, 0.15) is 32.7 Å². The van der Waals surface area contributed by atoms with Gasteiger partial charge in [0.15, 0.2) is 0 Å². The lowest BCUT2D eigenvalue weighted by Gasteiger charge is -2.22. The van der Waals surface area contributed by atoms with Crippen LogP contribution in [0.5, 0.6) is 5.75 Å². The second-order valence-electron chi connectivity index (χ2n) is 6.83. The van der Waals surface area contributed by atoms with E-state index in [0.29, 0.717) is 16.9 Å². The molecule has 3 rings (SSSR count). The molecule has 1 heterocycles. The zero-order chi connectivity index (χ0) is 21.0. The van der Waals surface area contributed by atoms with Crippen LogP contribution in [0.3, 0.4) is 0 Å². The molecular formula is C22H23NO6. The Hall–Kier alpha value is -3.35. The maximum atomic E-state index is 12.9. The van der Waals surface area contributed by atoms with Gasteiger partial charge in [-0.05, 0) is 31.2 Å². The van der Waals surface area contributed by atoms with Crippen molar-refractivity contribution >= 4 is 17.8 Å². The molecule has 2 aromatic carbocycles. The molecule has 2 atom stereocenters. The van der Waals surface area contributed by atoms with E-state index in [9.17, 15) is 14.4 Å². The lowest BCUT2D eigenvalue weighted by molar-refractivity contribution is -0.145. The number of rotatable bonds is 5. The maximum absolute atomic E-state index is 12.9. The molecule has 7 nitrogen and oxygen atoms in total. The summed E-state index contributed by atoms with van der Waals surface area (Å²) in [6.07, 6.45) is -0.211. The van der Waals surface area contributed by atoms with E-state index in [1.54, 1.807) is 36.4 Å². The van der Waals surface area contributed by atoms with Crippen LogP contribution >= 0.6 is 0 Å². The maximum Gasteiger partial charge on any atom is 0.341 e. The predicted octanol–water partition coefficient (Wildman–Crippen LogP) is 2.62. The Bertz CT molecular complexity index is 911. The molecule has 0 radical (unpaired) electrons. The average Bonchev–Trinajstić information content (AvgIpc) is 3.17. The molecule has 1 fully saturated rings. The molecule has 0 bridgehead atoms. The summed E-state index contributed by atoms with van der Waals surface area (Å²) in [6.45, 7) is 2.06. The van der Waals surface area contributed by atoms with Gasteiger partial charge < -0.3 is 19.1 Å². The molecule has 1 amide bonds. The van der Waals surface area contributed by atoms with E-state index in [2.05, 4.69) is 0 Å². The first kappa shape index (κ1) is 20.4. The first-order valence-corrected chi connectivity index (χ1v) is 9.24. The van der Waals surface area contributed by atoms with Gasteiger partial charge in [-0.15, -0.1) is 0 Å². The lowest BCUT2D eigenvalue weighted by atomic mass is 10.1. The fourth-order valence-corrected chi connectivity index (χ4v) is 3.41. The average molecular weight is 397 g/mol. The Kier molecular flexibility index (Phi) is 6.16. The van der Waals surface area contributed by atoms with Crippen LogP contribution in [-0.4, -0.2) is 55.7 Å². The molecule has 1 unspecified atom stereocenters. The number of aryl methyl sites for hydroxylation is 1. The van der Waals surface area contributed by atoms with Crippen LogP contribution in [0.4, 0.5) is 0 Å². The Morgan fingerprint density at radius 3 is 2.38 bits per heavy atom. The van der Waals surface area contributed by atoms with Crippen LogP contribution in [0.25, 0.3) is 0 Å². The number of carbonyl (C=O) groups excluding carboxylic acids is 3. The minimum absolute atomic E-state index is 0.196. The van der Waals surface area contributed by atoms with Gasteiger partial charge in [0.05, 0.1) is 20.8 Å². The highest BCUT2D eigenvalue weighted by Gasteiger charge is 2.42. The van der Waals surface area contributed by atoms with E-state index < -0.39 is 24.1 Å². The molecule has 152 valence electrons. The summed E-state index contributed by atoms with van der Waals surface area (Å²) in [5.41, 5.74) is 1.67. The quantitative estimate of drug-likeness (QED) is 0.722. The summed E-state index contributed by atoms with van der Waals surface area (Å²) in [7, 11) is 2.59. The first-order chi connectivity index (χ1) is 13.9. The number of esters is 2.